The van der Waals surface area contributed by atoms with Gasteiger partial charge in [0.2, 0.25) is 0 Å². The highest BCUT2D eigenvalue weighted by molar-refractivity contribution is 5.19. The molecule has 0 fully saturated rings. The van der Waals surface area contributed by atoms with Gasteiger partial charge in [-0.3, -0.25) is 0 Å². The maximum Gasteiger partial charge on any atom is 0.130 e. The maximum atomic E-state index is 5.79. The first-order chi connectivity index (χ1) is 10.3. The monoisotopic (exact) mass is 299 g/mol. The van der Waals surface area contributed by atoms with Gasteiger partial charge in [0.1, 0.15) is 18.1 Å². The Morgan fingerprint density at radius 3 is 2.71 bits per heavy atom. The van der Waals surface area contributed by atoms with Crippen LogP contribution in [-0.2, 0) is 27.4 Å². The fourth-order valence-corrected chi connectivity index (χ4v) is 1.90. The van der Waals surface area contributed by atoms with E-state index in [-0.39, 0.29) is 0 Å². The summed E-state index contributed by atoms with van der Waals surface area (Å²) in [4.78, 5) is 0. The second-order valence-electron chi connectivity index (χ2n) is 5.01. The van der Waals surface area contributed by atoms with Gasteiger partial charge in [-0.1, -0.05) is 6.92 Å². The van der Waals surface area contributed by atoms with Crippen LogP contribution in [0.2, 0.25) is 0 Å². The quantitative estimate of drug-likeness (QED) is 0.568. The third-order valence-corrected chi connectivity index (χ3v) is 3.04. The molecule has 1 N–H and O–H groups in total. The molecule has 0 atom stereocenters. The molecule has 0 aliphatic rings. The number of methoxy groups -OCH3 is 1. The lowest BCUT2D eigenvalue weighted by molar-refractivity contribution is 0.0451. The summed E-state index contributed by atoms with van der Waals surface area (Å²) >= 11 is 0. The zero-order valence-electron chi connectivity index (χ0n) is 13.6. The van der Waals surface area contributed by atoms with E-state index in [9.17, 15) is 0 Å². The van der Waals surface area contributed by atoms with Crippen LogP contribution in [0.4, 0.5) is 0 Å². The summed E-state index contributed by atoms with van der Waals surface area (Å²) < 4.78 is 21.7. The van der Waals surface area contributed by atoms with Gasteiger partial charge in [-0.05, 0) is 37.9 Å². The van der Waals surface area contributed by atoms with Gasteiger partial charge >= 0.3 is 0 Å². The Kier molecular flexibility index (Phi) is 10.2. The number of rotatable bonds is 13. The molecule has 122 valence electrons. The molecule has 1 aromatic rings. The molecule has 1 heterocycles. The molecule has 0 radical (unpaired) electrons. The van der Waals surface area contributed by atoms with Crippen LogP contribution >= 0.6 is 0 Å². The number of furan rings is 1. The van der Waals surface area contributed by atoms with Crippen LogP contribution in [0.1, 0.15) is 36.8 Å². The Hall–Kier alpha value is -0.880. The van der Waals surface area contributed by atoms with E-state index in [2.05, 4.69) is 25.2 Å². The second-order valence-corrected chi connectivity index (χ2v) is 5.01. The van der Waals surface area contributed by atoms with Crippen LogP contribution in [0.15, 0.2) is 10.5 Å². The summed E-state index contributed by atoms with van der Waals surface area (Å²) in [5.74, 6) is 1.89. The van der Waals surface area contributed by atoms with Crippen LogP contribution in [0.5, 0.6) is 0 Å². The minimum absolute atomic E-state index is 0.521. The van der Waals surface area contributed by atoms with Crippen molar-refractivity contribution in [3.63, 3.8) is 0 Å². The molecule has 21 heavy (non-hydrogen) atoms. The zero-order valence-corrected chi connectivity index (χ0v) is 13.6. The second kappa shape index (κ2) is 11.7. The lowest BCUT2D eigenvalue weighted by Gasteiger charge is -2.04. The van der Waals surface area contributed by atoms with Crippen molar-refractivity contribution in [2.45, 2.75) is 39.8 Å². The SMILES string of the molecule is CCCNCc1oc(COCCCOCCOC)cc1C. The molecule has 0 aromatic carbocycles. The van der Waals surface area contributed by atoms with E-state index >= 15 is 0 Å². The van der Waals surface area contributed by atoms with E-state index in [0.717, 1.165) is 37.5 Å². The summed E-state index contributed by atoms with van der Waals surface area (Å²) in [6, 6.07) is 2.05. The molecule has 5 heteroatoms. The first-order valence-electron chi connectivity index (χ1n) is 7.71. The fourth-order valence-electron chi connectivity index (χ4n) is 1.90. The van der Waals surface area contributed by atoms with E-state index in [0.29, 0.717) is 33.0 Å². The van der Waals surface area contributed by atoms with Crippen molar-refractivity contribution in [2.75, 3.05) is 40.1 Å². The van der Waals surface area contributed by atoms with E-state index in [4.69, 9.17) is 18.6 Å². The Morgan fingerprint density at radius 2 is 1.95 bits per heavy atom. The van der Waals surface area contributed by atoms with Crippen LogP contribution < -0.4 is 5.32 Å². The molecular formula is C16H29NO4. The molecule has 0 amide bonds. The van der Waals surface area contributed by atoms with Crippen LogP contribution in [-0.4, -0.2) is 40.1 Å². The summed E-state index contributed by atoms with van der Waals surface area (Å²) in [6.45, 7) is 9.20. The normalized spacial score (nSPS) is 11.2. The Morgan fingerprint density at radius 1 is 1.14 bits per heavy atom. The smallest absolute Gasteiger partial charge is 0.130 e. The third-order valence-electron chi connectivity index (χ3n) is 3.04. The molecule has 5 nitrogen and oxygen atoms in total. The molecule has 0 saturated carbocycles. The first kappa shape index (κ1) is 18.2. The third kappa shape index (κ3) is 8.21. The van der Waals surface area contributed by atoms with E-state index in [1.54, 1.807) is 7.11 Å². The summed E-state index contributed by atoms with van der Waals surface area (Å²) in [7, 11) is 1.67. The zero-order chi connectivity index (χ0) is 15.3. The van der Waals surface area contributed by atoms with Crippen LogP contribution in [0.3, 0.4) is 0 Å². The van der Waals surface area contributed by atoms with Gasteiger partial charge in [-0.15, -0.1) is 0 Å². The molecule has 0 aliphatic heterocycles. The molecule has 0 aliphatic carbocycles. The van der Waals surface area contributed by atoms with Gasteiger partial charge in [-0.2, -0.15) is 0 Å². The Labute approximate surface area is 127 Å². The fraction of sp³-hybridized carbons (Fsp3) is 0.750. The van der Waals surface area contributed by atoms with Gasteiger partial charge < -0.3 is 23.9 Å². The van der Waals surface area contributed by atoms with Crippen molar-refractivity contribution >= 4 is 0 Å². The van der Waals surface area contributed by atoms with E-state index in [1.165, 1.54) is 5.56 Å². The lowest BCUT2D eigenvalue weighted by atomic mass is 10.2. The minimum atomic E-state index is 0.521. The summed E-state index contributed by atoms with van der Waals surface area (Å²) in [5, 5.41) is 3.34. The predicted octanol–water partition coefficient (Wildman–Crippen LogP) is 2.66. The molecule has 1 rings (SSSR count). The van der Waals surface area contributed by atoms with E-state index < -0.39 is 0 Å². The summed E-state index contributed by atoms with van der Waals surface area (Å²) in [6.07, 6.45) is 2.01. The van der Waals surface area contributed by atoms with Gasteiger partial charge in [0.05, 0.1) is 19.8 Å². The topological polar surface area (TPSA) is 52.9 Å². The van der Waals surface area contributed by atoms with Crippen molar-refractivity contribution in [3.05, 3.63) is 23.2 Å². The van der Waals surface area contributed by atoms with Gasteiger partial charge in [-0.25, -0.2) is 0 Å². The lowest BCUT2D eigenvalue weighted by Crippen LogP contribution is -2.13. The molecule has 0 saturated heterocycles. The predicted molar refractivity (Wildman–Crippen MR) is 82.4 cm³/mol. The van der Waals surface area contributed by atoms with Gasteiger partial charge in [0.15, 0.2) is 0 Å². The number of hydrogen-bond acceptors (Lipinski definition) is 5. The van der Waals surface area contributed by atoms with Crippen molar-refractivity contribution < 1.29 is 18.6 Å². The average molecular weight is 299 g/mol. The number of hydrogen-bond donors (Lipinski definition) is 1. The van der Waals surface area contributed by atoms with Crippen molar-refractivity contribution in [1.29, 1.82) is 0 Å². The molecule has 0 unspecified atom stereocenters. The molecule has 0 bridgehead atoms. The number of nitrogens with one attached hydrogen (secondary N) is 1. The minimum Gasteiger partial charge on any atom is -0.462 e. The van der Waals surface area contributed by atoms with Crippen molar-refractivity contribution in [1.82, 2.24) is 5.32 Å². The highest BCUT2D eigenvalue weighted by Crippen LogP contribution is 2.15. The van der Waals surface area contributed by atoms with Crippen LogP contribution in [0.25, 0.3) is 0 Å². The van der Waals surface area contributed by atoms with Gasteiger partial charge in [0.25, 0.3) is 0 Å². The van der Waals surface area contributed by atoms with Crippen molar-refractivity contribution in [3.8, 4) is 0 Å². The first-order valence-corrected chi connectivity index (χ1v) is 7.71. The highest BCUT2D eigenvalue weighted by Gasteiger charge is 2.07. The largest absolute Gasteiger partial charge is 0.462 e. The molecule has 1 aromatic heterocycles. The molecular weight excluding hydrogens is 270 g/mol. The summed E-state index contributed by atoms with van der Waals surface area (Å²) in [5.41, 5.74) is 1.18. The van der Waals surface area contributed by atoms with Crippen molar-refractivity contribution in [2.24, 2.45) is 0 Å². The maximum absolute atomic E-state index is 5.79. The highest BCUT2D eigenvalue weighted by atomic mass is 16.5. The standard InChI is InChI=1S/C16H29NO4/c1-4-6-17-12-16-14(2)11-15(21-16)13-20-8-5-7-19-10-9-18-3/h11,17H,4-10,12-13H2,1-3H3. The van der Waals surface area contributed by atoms with Gasteiger partial charge in [0, 0.05) is 20.3 Å². The van der Waals surface area contributed by atoms with Crippen LogP contribution in [0, 0.1) is 6.92 Å². The Balaban J connectivity index is 2.10. The van der Waals surface area contributed by atoms with E-state index in [1.807, 2.05) is 0 Å². The average Bonchev–Trinajstić information content (AvgIpc) is 2.82. The number of ether oxygens (including phenoxy) is 3. The number of aryl methyl sites for hydroxylation is 1. The molecule has 0 spiro atoms. The Bertz CT molecular complexity index is 365.